The molecule has 6 heteroatoms. The minimum atomic E-state index is -4.52. The van der Waals surface area contributed by atoms with E-state index in [1.807, 2.05) is 11.8 Å². The van der Waals surface area contributed by atoms with Crippen molar-refractivity contribution < 1.29 is 16.8 Å². The average Bonchev–Trinajstić information content (AvgIpc) is 2.32. The molecule has 0 aliphatic carbocycles. The SMILES string of the molecule is C[N+]1(CNS(=O)(=O)F)CCCC1. The highest BCUT2D eigenvalue weighted by Crippen LogP contribution is 2.14. The van der Waals surface area contributed by atoms with Gasteiger partial charge in [0.25, 0.3) is 0 Å². The molecule has 1 aliphatic rings. The summed E-state index contributed by atoms with van der Waals surface area (Å²) >= 11 is 0. The summed E-state index contributed by atoms with van der Waals surface area (Å²) in [4.78, 5) is 0. The molecule has 1 fully saturated rings. The molecule has 0 atom stereocenters. The number of hydrogen-bond donors (Lipinski definition) is 1. The van der Waals surface area contributed by atoms with Gasteiger partial charge in [0.1, 0.15) is 6.67 Å². The van der Waals surface area contributed by atoms with Crippen LogP contribution in [0.25, 0.3) is 0 Å². The molecule has 1 N–H and O–H groups in total. The van der Waals surface area contributed by atoms with Crippen LogP contribution in [0.15, 0.2) is 0 Å². The normalized spacial score (nSPS) is 22.8. The fraction of sp³-hybridized carbons (Fsp3) is 1.00. The molecule has 1 aliphatic heterocycles. The van der Waals surface area contributed by atoms with Crippen molar-refractivity contribution in [2.45, 2.75) is 12.8 Å². The van der Waals surface area contributed by atoms with Crippen LogP contribution in [0.3, 0.4) is 0 Å². The second kappa shape index (κ2) is 3.27. The van der Waals surface area contributed by atoms with Crippen LogP contribution in [0.2, 0.25) is 0 Å². The Labute approximate surface area is 72.3 Å². The van der Waals surface area contributed by atoms with Crippen LogP contribution in [0, 0.1) is 0 Å². The fourth-order valence-electron chi connectivity index (χ4n) is 1.49. The Morgan fingerprint density at radius 2 is 1.92 bits per heavy atom. The molecule has 0 aromatic rings. The Hall–Kier alpha value is -0.200. The summed E-state index contributed by atoms with van der Waals surface area (Å²) in [5.41, 5.74) is 0. The summed E-state index contributed by atoms with van der Waals surface area (Å²) < 4.78 is 34.8. The smallest absolute Gasteiger partial charge is 0.313 e. The molecule has 0 bridgehead atoms. The number of likely N-dealkylation sites (tertiary alicyclic amines) is 1. The van der Waals surface area contributed by atoms with Crippen LogP contribution >= 0.6 is 0 Å². The highest BCUT2D eigenvalue weighted by Gasteiger charge is 2.27. The van der Waals surface area contributed by atoms with Gasteiger partial charge < -0.3 is 4.48 Å². The lowest BCUT2D eigenvalue weighted by Gasteiger charge is -2.27. The quantitative estimate of drug-likeness (QED) is 0.511. The number of halogens is 1. The molecular weight excluding hydrogens is 183 g/mol. The maximum Gasteiger partial charge on any atom is 0.376 e. The van der Waals surface area contributed by atoms with E-state index in [-0.39, 0.29) is 6.67 Å². The zero-order valence-corrected chi connectivity index (χ0v) is 7.90. The minimum Gasteiger partial charge on any atom is -0.313 e. The third-order valence-corrected chi connectivity index (χ3v) is 2.74. The van der Waals surface area contributed by atoms with E-state index in [4.69, 9.17) is 0 Å². The van der Waals surface area contributed by atoms with Crippen LogP contribution in [-0.2, 0) is 10.4 Å². The topological polar surface area (TPSA) is 46.2 Å². The molecule has 0 unspecified atom stereocenters. The zero-order chi connectivity index (χ0) is 9.24. The number of nitrogens with one attached hydrogen (secondary N) is 1. The molecular formula is C6H14FN2O2S+. The summed E-state index contributed by atoms with van der Waals surface area (Å²) in [6.07, 6.45) is 2.18. The van der Waals surface area contributed by atoms with Crippen molar-refractivity contribution in [3.63, 3.8) is 0 Å². The average molecular weight is 197 g/mol. The zero-order valence-electron chi connectivity index (χ0n) is 7.09. The molecule has 1 rings (SSSR count). The lowest BCUT2D eigenvalue weighted by molar-refractivity contribution is -0.898. The van der Waals surface area contributed by atoms with E-state index in [1.54, 1.807) is 0 Å². The van der Waals surface area contributed by atoms with E-state index in [1.165, 1.54) is 0 Å². The van der Waals surface area contributed by atoms with Crippen molar-refractivity contribution in [3.05, 3.63) is 0 Å². The van der Waals surface area contributed by atoms with Crippen LogP contribution in [-0.4, -0.2) is 39.7 Å². The first-order valence-electron chi connectivity index (χ1n) is 3.94. The fourth-order valence-corrected chi connectivity index (χ4v) is 1.96. The molecule has 4 nitrogen and oxygen atoms in total. The van der Waals surface area contributed by atoms with E-state index < -0.39 is 10.4 Å². The summed E-state index contributed by atoms with van der Waals surface area (Å²) in [6, 6.07) is 0. The van der Waals surface area contributed by atoms with Gasteiger partial charge in [-0.25, -0.2) is 0 Å². The molecule has 72 valence electrons. The Morgan fingerprint density at radius 1 is 1.42 bits per heavy atom. The summed E-state index contributed by atoms with van der Waals surface area (Å²) in [6.45, 7) is 2.00. The second-order valence-electron chi connectivity index (χ2n) is 3.51. The monoisotopic (exact) mass is 197 g/mol. The second-order valence-corrected chi connectivity index (χ2v) is 4.68. The molecule has 0 aromatic carbocycles. The van der Waals surface area contributed by atoms with E-state index in [9.17, 15) is 12.3 Å². The van der Waals surface area contributed by atoms with E-state index >= 15 is 0 Å². The highest BCUT2D eigenvalue weighted by molar-refractivity contribution is 7.84. The van der Waals surface area contributed by atoms with Crippen LogP contribution < -0.4 is 4.72 Å². The van der Waals surface area contributed by atoms with Gasteiger partial charge in [-0.1, -0.05) is 3.89 Å². The predicted molar refractivity (Wildman–Crippen MR) is 43.2 cm³/mol. The molecule has 1 saturated heterocycles. The Kier molecular flexibility index (Phi) is 2.70. The largest absolute Gasteiger partial charge is 0.376 e. The Morgan fingerprint density at radius 3 is 2.33 bits per heavy atom. The van der Waals surface area contributed by atoms with Gasteiger partial charge in [0.05, 0.1) is 20.1 Å². The molecule has 0 saturated carbocycles. The highest BCUT2D eigenvalue weighted by atomic mass is 32.3. The first-order valence-corrected chi connectivity index (χ1v) is 5.32. The van der Waals surface area contributed by atoms with Gasteiger partial charge in [0.2, 0.25) is 0 Å². The van der Waals surface area contributed by atoms with Crippen LogP contribution in [0.1, 0.15) is 12.8 Å². The summed E-state index contributed by atoms with van der Waals surface area (Å²) in [5, 5.41) is 0. The number of nitrogens with zero attached hydrogens (tertiary/aromatic N) is 1. The molecule has 0 aromatic heterocycles. The van der Waals surface area contributed by atoms with Crippen molar-refractivity contribution >= 4 is 10.4 Å². The first kappa shape index (κ1) is 9.88. The van der Waals surface area contributed by atoms with Gasteiger partial charge in [0.15, 0.2) is 0 Å². The van der Waals surface area contributed by atoms with Crippen molar-refractivity contribution in [3.8, 4) is 0 Å². The first-order chi connectivity index (χ1) is 5.41. The van der Waals surface area contributed by atoms with E-state index in [0.29, 0.717) is 4.48 Å². The standard InChI is InChI=1S/C6H14FN2O2S/c1-9(4-2-3-5-9)6-8-12(7,10)11/h8H,2-6H2,1H3/q+1. The Balaban J connectivity index is 2.41. The van der Waals surface area contributed by atoms with Crippen molar-refractivity contribution in [1.29, 1.82) is 0 Å². The molecule has 0 spiro atoms. The van der Waals surface area contributed by atoms with E-state index in [0.717, 1.165) is 25.9 Å². The van der Waals surface area contributed by atoms with Gasteiger partial charge in [-0.2, -0.15) is 8.42 Å². The van der Waals surface area contributed by atoms with Gasteiger partial charge in [-0.3, -0.25) is 0 Å². The van der Waals surface area contributed by atoms with Crippen molar-refractivity contribution in [2.24, 2.45) is 0 Å². The predicted octanol–water partition coefficient (Wildman–Crippen LogP) is -0.0118. The third kappa shape index (κ3) is 3.04. The Bertz CT molecular complexity index is 246. The maximum absolute atomic E-state index is 12.1. The molecule has 1 heterocycles. The van der Waals surface area contributed by atoms with Gasteiger partial charge in [-0.05, 0) is 0 Å². The number of rotatable bonds is 3. The number of quaternary nitrogens is 1. The third-order valence-electron chi connectivity index (χ3n) is 2.26. The minimum absolute atomic E-state index is 0.166. The van der Waals surface area contributed by atoms with Crippen molar-refractivity contribution in [1.82, 2.24) is 4.72 Å². The number of hydrogen-bond acceptors (Lipinski definition) is 2. The van der Waals surface area contributed by atoms with Gasteiger partial charge >= 0.3 is 10.4 Å². The van der Waals surface area contributed by atoms with Crippen molar-refractivity contribution in [2.75, 3.05) is 26.8 Å². The van der Waals surface area contributed by atoms with E-state index in [2.05, 4.69) is 0 Å². The molecule has 12 heavy (non-hydrogen) atoms. The van der Waals surface area contributed by atoms with Crippen LogP contribution in [0.5, 0.6) is 0 Å². The van der Waals surface area contributed by atoms with Crippen LogP contribution in [0.4, 0.5) is 3.89 Å². The maximum atomic E-state index is 12.1. The summed E-state index contributed by atoms with van der Waals surface area (Å²) in [7, 11) is -2.59. The summed E-state index contributed by atoms with van der Waals surface area (Å²) in [5.74, 6) is 0. The molecule has 0 radical (unpaired) electrons. The van der Waals surface area contributed by atoms with Gasteiger partial charge in [0, 0.05) is 12.8 Å². The van der Waals surface area contributed by atoms with Gasteiger partial charge in [-0.15, -0.1) is 4.72 Å². The molecule has 0 amide bonds. The lowest BCUT2D eigenvalue weighted by Crippen LogP contribution is -2.48. The lowest BCUT2D eigenvalue weighted by atomic mass is 10.4.